The summed E-state index contributed by atoms with van der Waals surface area (Å²) in [6.07, 6.45) is 1.72. The molecule has 0 radical (unpaired) electrons. The molecule has 0 fully saturated rings. The highest BCUT2D eigenvalue weighted by Crippen LogP contribution is 2.20. The summed E-state index contributed by atoms with van der Waals surface area (Å²) in [7, 11) is 0. The Morgan fingerprint density at radius 1 is 1.00 bits per heavy atom. The van der Waals surface area contributed by atoms with Crippen LogP contribution in [0.4, 0.5) is 11.5 Å². The number of pyridine rings is 2. The fraction of sp³-hybridized carbons (Fsp3) is 0.0556. The second kappa shape index (κ2) is 6.00. The van der Waals surface area contributed by atoms with E-state index < -0.39 is 0 Å². The molecule has 0 aliphatic rings. The van der Waals surface area contributed by atoms with Crippen LogP contribution in [0.1, 0.15) is 5.56 Å². The Kier molecular flexibility index (Phi) is 3.55. The highest BCUT2D eigenvalue weighted by molar-refractivity contribution is 5.64. The van der Waals surface area contributed by atoms with Gasteiger partial charge >= 0.3 is 0 Å². The van der Waals surface area contributed by atoms with Crippen molar-refractivity contribution < 1.29 is 0 Å². The maximum atomic E-state index is 6.12. The molecule has 0 saturated heterocycles. The van der Waals surface area contributed by atoms with E-state index in [1.807, 2.05) is 48.5 Å². The lowest BCUT2D eigenvalue weighted by atomic mass is 10.2. The van der Waals surface area contributed by atoms with Gasteiger partial charge in [-0.05, 0) is 17.7 Å². The molecular weight excluding hydrogens is 300 g/mol. The Morgan fingerprint density at radius 3 is 2.62 bits per heavy atom. The molecule has 4 rings (SSSR count). The number of hydrogen-bond acceptors (Lipinski definition) is 5. The van der Waals surface area contributed by atoms with Crippen molar-refractivity contribution in [3.8, 4) is 11.5 Å². The third-order valence-electron chi connectivity index (χ3n) is 3.70. The zero-order valence-electron chi connectivity index (χ0n) is 12.9. The first-order valence-electron chi connectivity index (χ1n) is 7.65. The van der Waals surface area contributed by atoms with E-state index in [0.29, 0.717) is 17.3 Å². The third-order valence-corrected chi connectivity index (χ3v) is 3.70. The van der Waals surface area contributed by atoms with E-state index in [9.17, 15) is 0 Å². The molecule has 0 spiro atoms. The quantitative estimate of drug-likeness (QED) is 0.605. The molecule has 118 valence electrons. The third kappa shape index (κ3) is 2.77. The fourth-order valence-corrected chi connectivity index (χ4v) is 2.51. The van der Waals surface area contributed by atoms with Gasteiger partial charge in [-0.15, -0.1) is 5.10 Å². The van der Waals surface area contributed by atoms with E-state index in [1.165, 1.54) is 5.56 Å². The van der Waals surface area contributed by atoms with Crippen LogP contribution >= 0.6 is 0 Å². The van der Waals surface area contributed by atoms with E-state index in [1.54, 1.807) is 10.7 Å². The molecule has 3 N–H and O–H groups in total. The Bertz CT molecular complexity index is 963. The minimum Gasteiger partial charge on any atom is -0.384 e. The number of benzene rings is 1. The Morgan fingerprint density at radius 2 is 1.83 bits per heavy atom. The molecule has 24 heavy (non-hydrogen) atoms. The van der Waals surface area contributed by atoms with Crippen LogP contribution < -0.4 is 11.1 Å². The van der Waals surface area contributed by atoms with Gasteiger partial charge in [0.15, 0.2) is 5.65 Å². The minimum atomic E-state index is 0.526. The van der Waals surface area contributed by atoms with Crippen molar-refractivity contribution in [3.05, 3.63) is 72.4 Å². The standard InChI is InChI=1S/C18H16N6/c19-16-10-14(21-12-13-6-2-1-3-7-13)11-17-22-18(23-24(16)17)15-8-4-5-9-20-15/h1-11,21H,12,19H2. The Labute approximate surface area is 139 Å². The number of anilines is 2. The zero-order chi connectivity index (χ0) is 16.4. The molecule has 0 aliphatic carbocycles. The van der Waals surface area contributed by atoms with Crippen molar-refractivity contribution in [2.75, 3.05) is 11.1 Å². The predicted molar refractivity (Wildman–Crippen MR) is 94.4 cm³/mol. The van der Waals surface area contributed by atoms with Crippen LogP contribution in [0.15, 0.2) is 66.9 Å². The SMILES string of the molecule is Nc1cc(NCc2ccccc2)cc2nc(-c3ccccn3)nn12. The van der Waals surface area contributed by atoms with Crippen molar-refractivity contribution in [1.82, 2.24) is 19.6 Å². The van der Waals surface area contributed by atoms with Gasteiger partial charge in [0.1, 0.15) is 11.5 Å². The van der Waals surface area contributed by atoms with Gasteiger partial charge in [0.05, 0.1) is 0 Å². The number of nitrogens with one attached hydrogen (secondary N) is 1. The summed E-state index contributed by atoms with van der Waals surface area (Å²) in [5.41, 5.74) is 9.63. The lowest BCUT2D eigenvalue weighted by molar-refractivity contribution is 0.973. The van der Waals surface area contributed by atoms with Crippen LogP contribution in [-0.2, 0) is 6.54 Å². The molecule has 0 saturated carbocycles. The largest absolute Gasteiger partial charge is 0.384 e. The summed E-state index contributed by atoms with van der Waals surface area (Å²) in [6.45, 7) is 0.720. The molecule has 6 heteroatoms. The maximum Gasteiger partial charge on any atom is 0.200 e. The zero-order valence-corrected chi connectivity index (χ0v) is 12.9. The number of nitrogens with zero attached hydrogens (tertiary/aromatic N) is 4. The van der Waals surface area contributed by atoms with Crippen molar-refractivity contribution in [2.24, 2.45) is 0 Å². The Hall–Kier alpha value is -3.41. The second-order valence-corrected chi connectivity index (χ2v) is 5.43. The smallest absolute Gasteiger partial charge is 0.200 e. The molecule has 0 unspecified atom stereocenters. The van der Waals surface area contributed by atoms with E-state index in [2.05, 4.69) is 32.5 Å². The van der Waals surface area contributed by atoms with Crippen LogP contribution in [0.3, 0.4) is 0 Å². The number of fused-ring (bicyclic) bond motifs is 1. The van der Waals surface area contributed by atoms with Crippen LogP contribution in [0, 0.1) is 0 Å². The summed E-state index contributed by atoms with van der Waals surface area (Å²) < 4.78 is 1.62. The number of hydrogen-bond donors (Lipinski definition) is 2. The Balaban J connectivity index is 1.64. The molecule has 0 aliphatic heterocycles. The van der Waals surface area contributed by atoms with Gasteiger partial charge in [0, 0.05) is 30.6 Å². The second-order valence-electron chi connectivity index (χ2n) is 5.43. The molecule has 3 aromatic heterocycles. The van der Waals surface area contributed by atoms with Crippen molar-refractivity contribution >= 4 is 17.2 Å². The van der Waals surface area contributed by atoms with Gasteiger partial charge in [0.25, 0.3) is 0 Å². The predicted octanol–water partition coefficient (Wildman–Crippen LogP) is 2.99. The monoisotopic (exact) mass is 316 g/mol. The van der Waals surface area contributed by atoms with Crippen molar-refractivity contribution in [3.63, 3.8) is 0 Å². The summed E-state index contributed by atoms with van der Waals surface area (Å²) in [4.78, 5) is 8.81. The lowest BCUT2D eigenvalue weighted by Gasteiger charge is -2.08. The van der Waals surface area contributed by atoms with Crippen molar-refractivity contribution in [2.45, 2.75) is 6.54 Å². The molecular formula is C18H16N6. The summed E-state index contributed by atoms with van der Waals surface area (Å²) in [5, 5.41) is 7.80. The first-order chi connectivity index (χ1) is 11.8. The number of rotatable bonds is 4. The van der Waals surface area contributed by atoms with E-state index in [-0.39, 0.29) is 0 Å². The first kappa shape index (κ1) is 14.2. The number of nitrogen functional groups attached to an aromatic ring is 1. The van der Waals surface area contributed by atoms with E-state index in [0.717, 1.165) is 17.9 Å². The van der Waals surface area contributed by atoms with Crippen LogP contribution in [0.25, 0.3) is 17.2 Å². The van der Waals surface area contributed by atoms with Gasteiger partial charge in [-0.2, -0.15) is 4.52 Å². The fourth-order valence-electron chi connectivity index (χ4n) is 2.51. The summed E-state index contributed by atoms with van der Waals surface area (Å²) in [5.74, 6) is 1.08. The first-order valence-corrected chi connectivity index (χ1v) is 7.65. The van der Waals surface area contributed by atoms with Gasteiger partial charge in [-0.3, -0.25) is 4.98 Å². The molecule has 1 aromatic carbocycles. The van der Waals surface area contributed by atoms with Gasteiger partial charge < -0.3 is 11.1 Å². The average Bonchev–Trinajstić information content (AvgIpc) is 3.06. The van der Waals surface area contributed by atoms with E-state index in [4.69, 9.17) is 5.73 Å². The molecule has 0 atom stereocenters. The molecule has 0 bridgehead atoms. The van der Waals surface area contributed by atoms with Gasteiger partial charge in [-0.1, -0.05) is 36.4 Å². The van der Waals surface area contributed by atoms with Crippen LogP contribution in [0.5, 0.6) is 0 Å². The van der Waals surface area contributed by atoms with Gasteiger partial charge in [0.2, 0.25) is 5.82 Å². The van der Waals surface area contributed by atoms with Crippen molar-refractivity contribution in [1.29, 1.82) is 0 Å². The number of aromatic nitrogens is 4. The van der Waals surface area contributed by atoms with Gasteiger partial charge in [-0.25, -0.2) is 4.98 Å². The lowest BCUT2D eigenvalue weighted by Crippen LogP contribution is -2.03. The summed E-state index contributed by atoms with van der Waals surface area (Å²) in [6, 6.07) is 19.6. The molecule has 6 nitrogen and oxygen atoms in total. The van der Waals surface area contributed by atoms with Crippen LogP contribution in [0.2, 0.25) is 0 Å². The maximum absolute atomic E-state index is 6.12. The molecule has 4 aromatic rings. The molecule has 3 heterocycles. The van der Waals surface area contributed by atoms with Crippen LogP contribution in [-0.4, -0.2) is 19.6 Å². The number of nitrogens with two attached hydrogens (primary N) is 1. The highest BCUT2D eigenvalue weighted by atomic mass is 15.3. The normalized spacial score (nSPS) is 10.8. The molecule has 0 amide bonds. The minimum absolute atomic E-state index is 0.526. The topological polar surface area (TPSA) is 81.1 Å². The summed E-state index contributed by atoms with van der Waals surface area (Å²) >= 11 is 0. The highest BCUT2D eigenvalue weighted by Gasteiger charge is 2.10. The average molecular weight is 316 g/mol. The van der Waals surface area contributed by atoms with E-state index >= 15 is 0 Å².